The lowest BCUT2D eigenvalue weighted by atomic mass is 9.98. The van der Waals surface area contributed by atoms with Gasteiger partial charge in [-0.3, -0.25) is 0 Å². The van der Waals surface area contributed by atoms with Gasteiger partial charge >= 0.3 is 0 Å². The zero-order chi connectivity index (χ0) is 16.3. The van der Waals surface area contributed by atoms with E-state index in [1.165, 1.54) is 5.56 Å². The molecule has 122 valence electrons. The van der Waals surface area contributed by atoms with Gasteiger partial charge in [0.1, 0.15) is 5.82 Å². The lowest BCUT2D eigenvalue weighted by Gasteiger charge is -2.17. The Morgan fingerprint density at radius 1 is 1.26 bits per heavy atom. The molecule has 0 amide bonds. The summed E-state index contributed by atoms with van der Waals surface area (Å²) in [5.74, 6) is 0.944. The van der Waals surface area contributed by atoms with Gasteiger partial charge in [-0.05, 0) is 43.4 Å². The minimum atomic E-state index is -3.39. The minimum absolute atomic E-state index is 0.430. The molecular weight excluding hydrogens is 310 g/mol. The number of imidazole rings is 1. The standard InChI is InChI=1S/C17H21N3O2S/c1-14-18-10-12-20(14)11-4-9-19-23(21,22)17-8-7-15-5-2-3-6-16(15)13-17/h2-3,5-6,10,12-13,19H,4,7-9,11H2,1H3. The van der Waals surface area contributed by atoms with E-state index in [4.69, 9.17) is 0 Å². The Balaban J connectivity index is 1.59. The fourth-order valence-corrected chi connectivity index (χ4v) is 4.06. The molecule has 0 atom stereocenters. The Morgan fingerprint density at radius 2 is 2.09 bits per heavy atom. The van der Waals surface area contributed by atoms with Crippen LogP contribution >= 0.6 is 0 Å². The van der Waals surface area contributed by atoms with Crippen molar-refractivity contribution < 1.29 is 8.42 Å². The highest BCUT2D eigenvalue weighted by molar-refractivity contribution is 7.93. The summed E-state index contributed by atoms with van der Waals surface area (Å²) < 4.78 is 29.6. The van der Waals surface area contributed by atoms with Gasteiger partial charge in [-0.2, -0.15) is 0 Å². The van der Waals surface area contributed by atoms with Crippen molar-refractivity contribution in [2.75, 3.05) is 6.54 Å². The number of aromatic nitrogens is 2. The Hall–Kier alpha value is -1.92. The third-order valence-corrected chi connectivity index (χ3v) is 5.75. The number of sulfonamides is 1. The van der Waals surface area contributed by atoms with Crippen LogP contribution in [0.1, 0.15) is 29.8 Å². The van der Waals surface area contributed by atoms with E-state index in [9.17, 15) is 8.42 Å². The van der Waals surface area contributed by atoms with Crippen LogP contribution in [-0.4, -0.2) is 24.5 Å². The molecule has 0 bridgehead atoms. The summed E-state index contributed by atoms with van der Waals surface area (Å²) in [5, 5.41) is 0. The van der Waals surface area contributed by atoms with Crippen molar-refractivity contribution in [1.29, 1.82) is 0 Å². The molecule has 23 heavy (non-hydrogen) atoms. The average Bonchev–Trinajstić information content (AvgIpc) is 2.96. The van der Waals surface area contributed by atoms with E-state index in [0.717, 1.165) is 30.8 Å². The van der Waals surface area contributed by atoms with Gasteiger partial charge in [0, 0.05) is 25.5 Å². The highest BCUT2D eigenvalue weighted by Crippen LogP contribution is 2.26. The normalized spacial score (nSPS) is 14.4. The van der Waals surface area contributed by atoms with Crippen LogP contribution in [0, 0.1) is 6.92 Å². The predicted octanol–water partition coefficient (Wildman–Crippen LogP) is 2.49. The monoisotopic (exact) mass is 331 g/mol. The second-order valence-corrected chi connectivity index (χ2v) is 7.55. The van der Waals surface area contributed by atoms with Gasteiger partial charge in [0.2, 0.25) is 10.0 Å². The van der Waals surface area contributed by atoms with Gasteiger partial charge in [-0.1, -0.05) is 24.3 Å². The summed E-state index contributed by atoms with van der Waals surface area (Å²) in [6.45, 7) is 3.13. The van der Waals surface area contributed by atoms with E-state index in [0.29, 0.717) is 17.9 Å². The van der Waals surface area contributed by atoms with E-state index < -0.39 is 10.0 Å². The van der Waals surface area contributed by atoms with Gasteiger partial charge in [0.25, 0.3) is 0 Å². The number of nitrogens with one attached hydrogen (secondary N) is 1. The number of aryl methyl sites for hydroxylation is 3. The average molecular weight is 331 g/mol. The highest BCUT2D eigenvalue weighted by atomic mass is 32.2. The lowest BCUT2D eigenvalue weighted by Crippen LogP contribution is -2.27. The van der Waals surface area contributed by atoms with E-state index in [1.807, 2.05) is 35.9 Å². The number of fused-ring (bicyclic) bond motifs is 1. The molecule has 6 heteroatoms. The maximum absolute atomic E-state index is 12.4. The smallest absolute Gasteiger partial charge is 0.236 e. The number of hydrogen-bond acceptors (Lipinski definition) is 3. The van der Waals surface area contributed by atoms with Crippen molar-refractivity contribution in [2.45, 2.75) is 32.7 Å². The number of rotatable bonds is 6. The van der Waals surface area contributed by atoms with Crippen LogP contribution in [0.5, 0.6) is 0 Å². The molecule has 3 rings (SSSR count). The van der Waals surface area contributed by atoms with Crippen LogP contribution < -0.4 is 4.72 Å². The van der Waals surface area contributed by atoms with Crippen molar-refractivity contribution in [3.05, 3.63) is 58.5 Å². The first-order valence-electron chi connectivity index (χ1n) is 7.82. The van der Waals surface area contributed by atoms with E-state index in [-0.39, 0.29) is 0 Å². The largest absolute Gasteiger partial charge is 0.335 e. The van der Waals surface area contributed by atoms with E-state index in [1.54, 1.807) is 12.3 Å². The molecule has 0 radical (unpaired) electrons. The van der Waals surface area contributed by atoms with Gasteiger partial charge < -0.3 is 4.57 Å². The first kappa shape index (κ1) is 16.0. The number of hydrogen-bond donors (Lipinski definition) is 1. The molecule has 0 spiro atoms. The van der Waals surface area contributed by atoms with Crippen LogP contribution in [0.25, 0.3) is 6.08 Å². The highest BCUT2D eigenvalue weighted by Gasteiger charge is 2.20. The Bertz CT molecular complexity index is 822. The van der Waals surface area contributed by atoms with E-state index in [2.05, 4.69) is 15.8 Å². The second kappa shape index (κ2) is 6.68. The predicted molar refractivity (Wildman–Crippen MR) is 91.2 cm³/mol. The molecule has 1 aliphatic carbocycles. The van der Waals surface area contributed by atoms with Crippen LogP contribution in [0.2, 0.25) is 0 Å². The number of allylic oxidation sites excluding steroid dienone is 1. The number of benzene rings is 1. The van der Waals surface area contributed by atoms with Gasteiger partial charge in [-0.25, -0.2) is 18.1 Å². The van der Waals surface area contributed by atoms with Crippen LogP contribution in [0.15, 0.2) is 41.6 Å². The summed E-state index contributed by atoms with van der Waals surface area (Å²) in [5.41, 5.74) is 2.22. The molecule has 0 saturated carbocycles. The first-order valence-corrected chi connectivity index (χ1v) is 9.30. The summed E-state index contributed by atoms with van der Waals surface area (Å²) in [7, 11) is -3.39. The number of nitrogens with zero attached hydrogens (tertiary/aromatic N) is 2. The molecule has 5 nitrogen and oxygen atoms in total. The van der Waals surface area contributed by atoms with Crippen LogP contribution in [0.3, 0.4) is 0 Å². The summed E-state index contributed by atoms with van der Waals surface area (Å²) in [6, 6.07) is 7.94. The van der Waals surface area contributed by atoms with Gasteiger partial charge in [0.05, 0.1) is 4.91 Å². The molecule has 0 aliphatic heterocycles. The zero-order valence-corrected chi connectivity index (χ0v) is 14.0. The molecular formula is C17H21N3O2S. The fraction of sp³-hybridized carbons (Fsp3) is 0.353. The SMILES string of the molecule is Cc1nccn1CCCNS(=O)(=O)C1=Cc2ccccc2CC1. The maximum atomic E-state index is 12.4. The molecule has 0 fully saturated rings. The van der Waals surface area contributed by atoms with Crippen LogP contribution in [0.4, 0.5) is 0 Å². The summed E-state index contributed by atoms with van der Waals surface area (Å²) in [6.07, 6.45) is 7.53. The maximum Gasteiger partial charge on any atom is 0.236 e. The Labute approximate surface area is 137 Å². The quantitative estimate of drug-likeness (QED) is 0.827. The molecule has 1 aromatic heterocycles. The van der Waals surface area contributed by atoms with E-state index >= 15 is 0 Å². The molecule has 1 aliphatic rings. The summed E-state index contributed by atoms with van der Waals surface area (Å²) in [4.78, 5) is 4.64. The van der Waals surface area contributed by atoms with Gasteiger partial charge in [0.15, 0.2) is 0 Å². The van der Waals surface area contributed by atoms with Crippen molar-refractivity contribution in [3.63, 3.8) is 0 Å². The Morgan fingerprint density at radius 3 is 2.87 bits per heavy atom. The molecule has 0 unspecified atom stereocenters. The minimum Gasteiger partial charge on any atom is -0.335 e. The lowest BCUT2D eigenvalue weighted by molar-refractivity contribution is 0.571. The molecule has 1 heterocycles. The summed E-state index contributed by atoms with van der Waals surface area (Å²) >= 11 is 0. The molecule has 0 saturated heterocycles. The topological polar surface area (TPSA) is 64.0 Å². The third kappa shape index (κ3) is 3.71. The third-order valence-electron chi connectivity index (χ3n) is 4.15. The van der Waals surface area contributed by atoms with Crippen molar-refractivity contribution >= 4 is 16.1 Å². The van der Waals surface area contributed by atoms with Crippen molar-refractivity contribution in [2.24, 2.45) is 0 Å². The van der Waals surface area contributed by atoms with Crippen molar-refractivity contribution in [3.8, 4) is 0 Å². The molecule has 1 N–H and O–H groups in total. The second-order valence-electron chi connectivity index (χ2n) is 5.73. The van der Waals surface area contributed by atoms with Crippen molar-refractivity contribution in [1.82, 2.24) is 14.3 Å². The Kier molecular flexibility index (Phi) is 4.63. The fourth-order valence-electron chi connectivity index (χ4n) is 2.81. The molecule has 1 aromatic carbocycles. The first-order chi connectivity index (χ1) is 11.1. The van der Waals surface area contributed by atoms with Gasteiger partial charge in [-0.15, -0.1) is 0 Å². The molecule has 2 aromatic rings. The zero-order valence-electron chi connectivity index (χ0n) is 13.2. The van der Waals surface area contributed by atoms with Crippen LogP contribution in [-0.2, 0) is 23.0 Å².